The number of methoxy groups -OCH3 is 1. The van der Waals surface area contributed by atoms with Gasteiger partial charge in [0.05, 0.1) is 36.7 Å². The van der Waals surface area contributed by atoms with E-state index in [0.29, 0.717) is 35.3 Å². The molecule has 2 saturated heterocycles. The number of imidazole rings is 1. The summed E-state index contributed by atoms with van der Waals surface area (Å²) in [4.78, 5) is 26.6. The Labute approximate surface area is 180 Å². The number of nitrogens with zero attached hydrogens (tertiary/aromatic N) is 4. The molecule has 0 unspecified atom stereocenters. The van der Waals surface area contributed by atoms with Crippen LogP contribution in [-0.4, -0.2) is 50.6 Å². The van der Waals surface area contributed by atoms with Crippen LogP contribution < -0.4 is 9.47 Å². The van der Waals surface area contributed by atoms with Crippen molar-refractivity contribution in [3.63, 3.8) is 0 Å². The maximum atomic E-state index is 13.0. The van der Waals surface area contributed by atoms with Crippen molar-refractivity contribution in [2.45, 2.75) is 57.2 Å². The van der Waals surface area contributed by atoms with Gasteiger partial charge in [0.2, 0.25) is 17.5 Å². The Morgan fingerprint density at radius 2 is 2.06 bits per heavy atom. The lowest BCUT2D eigenvalue weighted by Gasteiger charge is -2.41. The van der Waals surface area contributed by atoms with Crippen LogP contribution in [0.5, 0.6) is 11.8 Å². The van der Waals surface area contributed by atoms with Crippen LogP contribution in [0.15, 0.2) is 30.7 Å². The van der Waals surface area contributed by atoms with Crippen LogP contribution in [0.4, 0.5) is 0 Å². The molecule has 0 N–H and O–H groups in total. The van der Waals surface area contributed by atoms with E-state index >= 15 is 0 Å². The Morgan fingerprint density at radius 3 is 2.74 bits per heavy atom. The molecular weight excluding hydrogens is 396 g/mol. The predicted molar refractivity (Wildman–Crippen MR) is 113 cm³/mol. The minimum absolute atomic E-state index is 0.0184. The fourth-order valence-corrected chi connectivity index (χ4v) is 4.83. The van der Waals surface area contributed by atoms with Gasteiger partial charge >= 0.3 is 0 Å². The Balaban J connectivity index is 1.51. The summed E-state index contributed by atoms with van der Waals surface area (Å²) in [5.41, 5.74) is 2.07. The molecule has 1 saturated carbocycles. The summed E-state index contributed by atoms with van der Waals surface area (Å²) < 4.78 is 19.0. The first-order chi connectivity index (χ1) is 14.8. The average molecular weight is 422 g/mol. The number of hydrogen-bond acceptors (Lipinski definition) is 7. The first-order valence-electron chi connectivity index (χ1n) is 10.5. The van der Waals surface area contributed by atoms with Gasteiger partial charge in [-0.2, -0.15) is 4.98 Å². The molecule has 3 aromatic rings. The lowest BCUT2D eigenvalue weighted by Crippen LogP contribution is -2.45. The summed E-state index contributed by atoms with van der Waals surface area (Å²) in [5, 5.41) is 0. The van der Waals surface area contributed by atoms with Gasteiger partial charge in [-0.15, -0.1) is 0 Å². The zero-order valence-corrected chi connectivity index (χ0v) is 18.2. The van der Waals surface area contributed by atoms with Gasteiger partial charge in [0.1, 0.15) is 0 Å². The highest BCUT2D eigenvalue weighted by molar-refractivity contribution is 5.99. The van der Waals surface area contributed by atoms with Crippen LogP contribution in [0.1, 0.15) is 55.2 Å². The van der Waals surface area contributed by atoms with Crippen molar-refractivity contribution in [1.82, 2.24) is 19.4 Å². The molecule has 162 valence electrons. The highest BCUT2D eigenvalue weighted by Crippen LogP contribution is 2.58. The van der Waals surface area contributed by atoms with E-state index in [0.717, 1.165) is 18.5 Å². The van der Waals surface area contributed by atoms with Crippen molar-refractivity contribution in [3.8, 4) is 11.8 Å². The monoisotopic (exact) mass is 422 g/mol. The molecule has 3 aromatic heterocycles. The molecular formula is C23H26N4O4. The van der Waals surface area contributed by atoms with E-state index in [9.17, 15) is 4.79 Å². The molecule has 0 aromatic carbocycles. The van der Waals surface area contributed by atoms with Gasteiger partial charge < -0.3 is 14.2 Å². The van der Waals surface area contributed by atoms with Crippen molar-refractivity contribution < 1.29 is 19.0 Å². The second-order valence-electron chi connectivity index (χ2n) is 9.10. The molecule has 1 aliphatic carbocycles. The lowest BCUT2D eigenvalue weighted by atomic mass is 9.62. The molecule has 3 fully saturated rings. The van der Waals surface area contributed by atoms with Crippen LogP contribution in [0.3, 0.4) is 0 Å². The number of hydrogen-bond donors (Lipinski definition) is 0. The number of fused-ring (bicyclic) bond motifs is 2. The minimum atomic E-state index is -0.113. The number of ether oxygens (including phenoxy) is 3. The standard InChI is InChI=1S/C23H26N4O4/c1-14(2)31-19-15(8-17(28)16-6-5-7-24-20(16)29-4)9-27-10-18(25-21(27)26-19)23-11-22(3,12-23)30-13-23/h5-7,9-10,14H,8,11-13H2,1-4H3. The van der Waals surface area contributed by atoms with Crippen molar-refractivity contribution in [3.05, 3.63) is 47.5 Å². The molecule has 2 bridgehead atoms. The zero-order chi connectivity index (χ0) is 21.8. The maximum Gasteiger partial charge on any atom is 0.237 e. The quantitative estimate of drug-likeness (QED) is 0.541. The maximum absolute atomic E-state index is 13.0. The average Bonchev–Trinajstić information content (AvgIpc) is 3.38. The van der Waals surface area contributed by atoms with E-state index in [4.69, 9.17) is 19.2 Å². The highest BCUT2D eigenvalue weighted by Gasteiger charge is 2.61. The van der Waals surface area contributed by atoms with E-state index in [1.54, 1.807) is 18.3 Å². The second kappa shape index (κ2) is 7.02. The predicted octanol–water partition coefficient (Wildman–Crippen LogP) is 3.17. The number of pyridine rings is 1. The molecule has 31 heavy (non-hydrogen) atoms. The topological polar surface area (TPSA) is 87.8 Å². The third-order valence-corrected chi connectivity index (χ3v) is 6.11. The third-order valence-electron chi connectivity index (χ3n) is 6.11. The Morgan fingerprint density at radius 1 is 1.26 bits per heavy atom. The molecule has 5 heterocycles. The first kappa shape index (κ1) is 19.9. The molecule has 0 atom stereocenters. The molecule has 0 spiro atoms. The smallest absolute Gasteiger partial charge is 0.237 e. The van der Waals surface area contributed by atoms with Gasteiger partial charge in [0.15, 0.2) is 5.78 Å². The van der Waals surface area contributed by atoms with Crippen LogP contribution in [-0.2, 0) is 16.6 Å². The third kappa shape index (κ3) is 3.35. The zero-order valence-electron chi connectivity index (χ0n) is 18.2. The van der Waals surface area contributed by atoms with Gasteiger partial charge in [-0.3, -0.25) is 9.20 Å². The SMILES string of the molecule is COc1ncccc1C(=O)Cc1cn2cc(C34COC(C)(C3)C4)nc2nc1OC(C)C. The molecule has 2 aliphatic heterocycles. The van der Waals surface area contributed by atoms with Crippen LogP contribution in [0, 0.1) is 0 Å². The molecule has 0 amide bonds. The Hall–Kier alpha value is -3.00. The summed E-state index contributed by atoms with van der Waals surface area (Å²) in [5.74, 6) is 1.19. The van der Waals surface area contributed by atoms with Gasteiger partial charge in [-0.1, -0.05) is 0 Å². The van der Waals surface area contributed by atoms with E-state index < -0.39 is 0 Å². The van der Waals surface area contributed by atoms with Gasteiger partial charge in [0, 0.05) is 36.0 Å². The number of rotatable bonds is 7. The van der Waals surface area contributed by atoms with Gasteiger partial charge in [-0.05, 0) is 45.7 Å². The minimum Gasteiger partial charge on any atom is -0.480 e. The van der Waals surface area contributed by atoms with Crippen LogP contribution in [0.2, 0.25) is 0 Å². The number of Topliss-reactive ketones (excluding diaryl/α,β-unsaturated/α-hetero) is 1. The number of ketones is 1. The van der Waals surface area contributed by atoms with Crippen molar-refractivity contribution >= 4 is 11.6 Å². The summed E-state index contributed by atoms with van der Waals surface area (Å²) in [6, 6.07) is 3.44. The van der Waals surface area contributed by atoms with Crippen molar-refractivity contribution in [2.24, 2.45) is 0 Å². The summed E-state index contributed by atoms with van der Waals surface area (Å²) >= 11 is 0. The fourth-order valence-electron chi connectivity index (χ4n) is 4.83. The Kier molecular flexibility index (Phi) is 4.51. The molecule has 6 rings (SSSR count). The fraction of sp³-hybridized carbons (Fsp3) is 0.478. The largest absolute Gasteiger partial charge is 0.480 e. The van der Waals surface area contributed by atoms with Gasteiger partial charge in [0.25, 0.3) is 0 Å². The number of aromatic nitrogens is 4. The number of carbonyl (C=O) groups is 1. The van der Waals surface area contributed by atoms with Crippen molar-refractivity contribution in [1.29, 1.82) is 0 Å². The highest BCUT2D eigenvalue weighted by atomic mass is 16.5. The molecule has 8 nitrogen and oxygen atoms in total. The lowest BCUT2D eigenvalue weighted by molar-refractivity contribution is 0.0154. The number of carbonyl (C=O) groups excluding carboxylic acids is 1. The van der Waals surface area contributed by atoms with Crippen LogP contribution >= 0.6 is 0 Å². The molecule has 0 radical (unpaired) electrons. The summed E-state index contributed by atoms with van der Waals surface area (Å²) in [6.07, 6.45) is 7.49. The van der Waals surface area contributed by atoms with Gasteiger partial charge in [-0.25, -0.2) is 9.97 Å². The second-order valence-corrected chi connectivity index (χ2v) is 9.10. The molecule has 8 heteroatoms. The molecule has 3 aliphatic rings. The van der Waals surface area contributed by atoms with Crippen molar-refractivity contribution in [2.75, 3.05) is 13.7 Å². The van der Waals surface area contributed by atoms with E-state index in [2.05, 4.69) is 16.9 Å². The Bertz CT molecular complexity index is 1160. The van der Waals surface area contributed by atoms with E-state index in [-0.39, 0.29) is 29.3 Å². The summed E-state index contributed by atoms with van der Waals surface area (Å²) in [6.45, 7) is 6.71. The first-order valence-corrected chi connectivity index (χ1v) is 10.5. The van der Waals surface area contributed by atoms with Crippen LogP contribution in [0.25, 0.3) is 5.78 Å². The summed E-state index contributed by atoms with van der Waals surface area (Å²) in [7, 11) is 1.50. The van der Waals surface area contributed by atoms with E-state index in [1.807, 2.05) is 30.6 Å². The normalized spacial score (nSPS) is 24.4. The van der Waals surface area contributed by atoms with E-state index in [1.165, 1.54) is 7.11 Å².